The summed E-state index contributed by atoms with van der Waals surface area (Å²) in [4.78, 5) is 27.0. The summed E-state index contributed by atoms with van der Waals surface area (Å²) in [6.45, 7) is 2.33. The number of benzene rings is 1. The van der Waals surface area contributed by atoms with Crippen molar-refractivity contribution >= 4 is 11.8 Å². The van der Waals surface area contributed by atoms with Gasteiger partial charge in [-0.2, -0.15) is 0 Å². The first kappa shape index (κ1) is 17.0. The van der Waals surface area contributed by atoms with Gasteiger partial charge in [-0.25, -0.2) is 0 Å². The number of carbonyl (C=O) groups is 2. The summed E-state index contributed by atoms with van der Waals surface area (Å²) < 4.78 is 5.53. The smallest absolute Gasteiger partial charge is 0.245 e. The van der Waals surface area contributed by atoms with E-state index >= 15 is 0 Å². The molecular weight excluding hydrogens is 304 g/mol. The highest BCUT2D eigenvalue weighted by molar-refractivity contribution is 5.88. The minimum absolute atomic E-state index is 0.00395. The van der Waals surface area contributed by atoms with Crippen molar-refractivity contribution in [2.45, 2.75) is 50.7 Å². The van der Waals surface area contributed by atoms with Gasteiger partial charge in [-0.05, 0) is 31.2 Å². The molecule has 2 saturated heterocycles. The Morgan fingerprint density at radius 2 is 1.92 bits per heavy atom. The van der Waals surface area contributed by atoms with Gasteiger partial charge in [0.1, 0.15) is 6.04 Å². The minimum Gasteiger partial charge on any atom is -0.378 e. The molecule has 5 heteroatoms. The van der Waals surface area contributed by atoms with Crippen LogP contribution in [0.15, 0.2) is 30.3 Å². The molecule has 2 amide bonds. The van der Waals surface area contributed by atoms with E-state index in [0.29, 0.717) is 12.8 Å². The fraction of sp³-hybridized carbons (Fsp3) is 0.579. The first-order valence-corrected chi connectivity index (χ1v) is 8.96. The Bertz CT molecular complexity index is 549. The van der Waals surface area contributed by atoms with Crippen molar-refractivity contribution in [3.63, 3.8) is 0 Å². The fourth-order valence-electron chi connectivity index (χ4n) is 3.47. The maximum atomic E-state index is 12.8. The molecule has 3 rings (SSSR count). The van der Waals surface area contributed by atoms with E-state index in [1.54, 1.807) is 0 Å². The lowest BCUT2D eigenvalue weighted by molar-refractivity contribution is -0.136. The average molecular weight is 330 g/mol. The number of carbonyl (C=O) groups excluding carboxylic acids is 2. The second-order valence-corrected chi connectivity index (χ2v) is 6.68. The van der Waals surface area contributed by atoms with Gasteiger partial charge >= 0.3 is 0 Å². The molecule has 24 heavy (non-hydrogen) atoms. The van der Waals surface area contributed by atoms with Crippen LogP contribution in [0.2, 0.25) is 0 Å². The summed E-state index contributed by atoms with van der Waals surface area (Å²) in [5, 5.41) is 2.96. The summed E-state index contributed by atoms with van der Waals surface area (Å²) in [5.74, 6) is -0.0487. The molecule has 1 aromatic carbocycles. The summed E-state index contributed by atoms with van der Waals surface area (Å²) in [6.07, 6.45) is 4.92. The van der Waals surface area contributed by atoms with Crippen molar-refractivity contribution < 1.29 is 14.3 Å². The van der Waals surface area contributed by atoms with Gasteiger partial charge in [-0.15, -0.1) is 0 Å². The van der Waals surface area contributed by atoms with Crippen molar-refractivity contribution in [2.24, 2.45) is 0 Å². The van der Waals surface area contributed by atoms with Crippen molar-refractivity contribution in [1.29, 1.82) is 0 Å². The summed E-state index contributed by atoms with van der Waals surface area (Å²) in [7, 11) is 0. The Morgan fingerprint density at radius 3 is 2.58 bits per heavy atom. The van der Waals surface area contributed by atoms with Crippen LogP contribution in [0.25, 0.3) is 0 Å². The van der Waals surface area contributed by atoms with Gasteiger partial charge in [0.15, 0.2) is 0 Å². The highest BCUT2D eigenvalue weighted by Gasteiger charge is 2.29. The third kappa shape index (κ3) is 4.57. The Labute approximate surface area is 143 Å². The van der Waals surface area contributed by atoms with Crippen LogP contribution in [0.1, 0.15) is 37.7 Å². The maximum absolute atomic E-state index is 12.8. The van der Waals surface area contributed by atoms with E-state index in [-0.39, 0.29) is 17.9 Å². The Kier molecular flexibility index (Phi) is 5.86. The number of likely N-dealkylation sites (tertiary alicyclic amines) is 1. The van der Waals surface area contributed by atoms with E-state index in [1.807, 2.05) is 35.2 Å². The van der Waals surface area contributed by atoms with Gasteiger partial charge in [0.05, 0.1) is 12.5 Å². The highest BCUT2D eigenvalue weighted by atomic mass is 16.5. The topological polar surface area (TPSA) is 58.6 Å². The van der Waals surface area contributed by atoms with Gasteiger partial charge in [-0.1, -0.05) is 30.3 Å². The largest absolute Gasteiger partial charge is 0.378 e. The number of ether oxygens (including phenoxy) is 1. The van der Waals surface area contributed by atoms with E-state index in [9.17, 15) is 9.59 Å². The predicted octanol–water partition coefficient (Wildman–Crippen LogP) is 1.91. The second-order valence-electron chi connectivity index (χ2n) is 6.68. The normalized spacial score (nSPS) is 21.7. The zero-order chi connectivity index (χ0) is 16.8. The third-order valence-electron chi connectivity index (χ3n) is 4.77. The van der Waals surface area contributed by atoms with E-state index in [4.69, 9.17) is 4.74 Å². The van der Waals surface area contributed by atoms with E-state index in [1.165, 1.54) is 0 Å². The lowest BCUT2D eigenvalue weighted by Gasteiger charge is -2.24. The minimum atomic E-state index is -0.487. The first-order valence-electron chi connectivity index (χ1n) is 8.96. The quantitative estimate of drug-likeness (QED) is 0.867. The van der Waals surface area contributed by atoms with Gasteiger partial charge in [0, 0.05) is 26.1 Å². The Balaban J connectivity index is 1.63. The van der Waals surface area contributed by atoms with Crippen LogP contribution >= 0.6 is 0 Å². The lowest BCUT2D eigenvalue weighted by atomic mass is 10.0. The lowest BCUT2D eigenvalue weighted by Crippen LogP contribution is -2.49. The zero-order valence-electron chi connectivity index (χ0n) is 14.1. The molecule has 0 aliphatic carbocycles. The molecular formula is C19H26N2O3. The van der Waals surface area contributed by atoms with Crippen LogP contribution in [0.4, 0.5) is 0 Å². The van der Waals surface area contributed by atoms with Crippen LogP contribution in [-0.4, -0.2) is 48.6 Å². The van der Waals surface area contributed by atoms with Crippen LogP contribution in [-0.2, 0) is 20.7 Å². The number of amides is 2. The molecule has 2 heterocycles. The Hall–Kier alpha value is -1.88. The molecule has 2 fully saturated rings. The van der Waals surface area contributed by atoms with E-state index in [2.05, 4.69) is 5.32 Å². The standard InChI is InChI=1S/C19H26N2O3/c22-18(14-16-9-6-12-24-16)20-17(13-15-7-2-1-3-8-15)19(23)21-10-4-5-11-21/h1-3,7-8,16-17H,4-6,9-14H2,(H,20,22)/t16-,17-/m1/s1. The number of nitrogens with one attached hydrogen (secondary N) is 1. The number of nitrogens with zero attached hydrogens (tertiary/aromatic N) is 1. The monoisotopic (exact) mass is 330 g/mol. The number of hydrogen-bond donors (Lipinski definition) is 1. The van der Waals surface area contributed by atoms with Crippen LogP contribution in [0.3, 0.4) is 0 Å². The zero-order valence-corrected chi connectivity index (χ0v) is 14.1. The summed E-state index contributed by atoms with van der Waals surface area (Å²) >= 11 is 0. The Morgan fingerprint density at radius 1 is 1.17 bits per heavy atom. The van der Waals surface area contributed by atoms with Gasteiger partial charge < -0.3 is 15.0 Å². The molecule has 1 aromatic rings. The predicted molar refractivity (Wildman–Crippen MR) is 91.5 cm³/mol. The molecule has 0 saturated carbocycles. The summed E-state index contributed by atoms with van der Waals surface area (Å²) in [6, 6.07) is 9.38. The molecule has 2 aliphatic heterocycles. The van der Waals surface area contributed by atoms with Crippen molar-refractivity contribution in [3.05, 3.63) is 35.9 Å². The molecule has 0 radical (unpaired) electrons. The molecule has 0 aromatic heterocycles. The first-order chi connectivity index (χ1) is 11.7. The second kappa shape index (κ2) is 8.29. The molecule has 0 spiro atoms. The fourth-order valence-corrected chi connectivity index (χ4v) is 3.47. The maximum Gasteiger partial charge on any atom is 0.245 e. The molecule has 0 bridgehead atoms. The van der Waals surface area contributed by atoms with Crippen molar-refractivity contribution in [1.82, 2.24) is 10.2 Å². The van der Waals surface area contributed by atoms with Crippen molar-refractivity contribution in [3.8, 4) is 0 Å². The number of hydrogen-bond acceptors (Lipinski definition) is 3. The molecule has 1 N–H and O–H groups in total. The molecule has 2 aliphatic rings. The highest BCUT2D eigenvalue weighted by Crippen LogP contribution is 2.16. The molecule has 0 unspecified atom stereocenters. The van der Waals surface area contributed by atoms with Gasteiger partial charge in [0.2, 0.25) is 11.8 Å². The average Bonchev–Trinajstić information content (AvgIpc) is 3.28. The van der Waals surface area contributed by atoms with E-state index in [0.717, 1.165) is 50.9 Å². The summed E-state index contributed by atoms with van der Waals surface area (Å²) in [5.41, 5.74) is 1.06. The van der Waals surface area contributed by atoms with Gasteiger partial charge in [-0.3, -0.25) is 9.59 Å². The third-order valence-corrected chi connectivity index (χ3v) is 4.77. The molecule has 5 nitrogen and oxygen atoms in total. The molecule has 2 atom stereocenters. The van der Waals surface area contributed by atoms with Crippen LogP contribution in [0, 0.1) is 0 Å². The van der Waals surface area contributed by atoms with Crippen LogP contribution < -0.4 is 5.32 Å². The number of rotatable bonds is 6. The van der Waals surface area contributed by atoms with E-state index < -0.39 is 6.04 Å². The van der Waals surface area contributed by atoms with Crippen LogP contribution in [0.5, 0.6) is 0 Å². The van der Waals surface area contributed by atoms with Gasteiger partial charge in [0.25, 0.3) is 0 Å². The SMILES string of the molecule is O=C(C[C@H]1CCCO1)N[C@H](Cc1ccccc1)C(=O)N1CCCC1. The van der Waals surface area contributed by atoms with Crippen molar-refractivity contribution in [2.75, 3.05) is 19.7 Å². The molecule has 130 valence electrons.